The molecule has 2 heteroatoms. The van der Waals surface area contributed by atoms with Gasteiger partial charge in [-0.1, -0.05) is 43.6 Å². The first-order valence-corrected chi connectivity index (χ1v) is 6.43. The van der Waals surface area contributed by atoms with Gasteiger partial charge >= 0.3 is 0 Å². The van der Waals surface area contributed by atoms with Gasteiger partial charge in [-0.2, -0.15) is 0 Å². The van der Waals surface area contributed by atoms with E-state index in [1.54, 1.807) is 0 Å². The molecule has 0 aliphatic heterocycles. The van der Waals surface area contributed by atoms with Crippen molar-refractivity contribution in [3.8, 4) is 0 Å². The zero-order chi connectivity index (χ0) is 11.4. The smallest absolute Gasteiger partial charge is 0.155 e. The van der Waals surface area contributed by atoms with Gasteiger partial charge in [0.1, 0.15) is 0 Å². The van der Waals surface area contributed by atoms with E-state index in [1.807, 2.05) is 6.92 Å². The molecule has 1 unspecified atom stereocenters. The molecule has 0 saturated heterocycles. The lowest BCUT2D eigenvalue weighted by Crippen LogP contribution is -2.41. The highest BCUT2D eigenvalue weighted by Gasteiger charge is 2.42. The molecule has 0 N–H and O–H groups in total. The maximum atomic E-state index is 12.4. The molecular weight excluding hydrogens is 240 g/mol. The lowest BCUT2D eigenvalue weighted by molar-refractivity contribution is -0.131. The Kier molecular flexibility index (Phi) is 5.35. The van der Waals surface area contributed by atoms with Crippen LogP contribution in [-0.4, -0.2) is 10.1 Å². The Labute approximate surface area is 96.8 Å². The van der Waals surface area contributed by atoms with E-state index >= 15 is 0 Å². The summed E-state index contributed by atoms with van der Waals surface area (Å²) in [5.41, 5.74) is -0.117. The molecule has 0 radical (unpaired) electrons. The van der Waals surface area contributed by atoms with Crippen molar-refractivity contribution in [2.75, 3.05) is 0 Å². The third-order valence-electron chi connectivity index (χ3n) is 3.65. The maximum absolute atomic E-state index is 12.4. The summed E-state index contributed by atoms with van der Waals surface area (Å²) in [4.78, 5) is 12.4. The molecule has 0 aliphatic rings. The van der Waals surface area contributed by atoms with E-state index in [4.69, 9.17) is 0 Å². The molecule has 1 nitrogen and oxygen atoms in total. The Morgan fingerprint density at radius 1 is 1.00 bits per heavy atom. The van der Waals surface area contributed by atoms with Crippen LogP contribution >= 0.6 is 15.9 Å². The molecule has 14 heavy (non-hydrogen) atoms. The van der Waals surface area contributed by atoms with Crippen LogP contribution in [0.2, 0.25) is 0 Å². The Hall–Kier alpha value is 0.150. The fourth-order valence-corrected chi connectivity index (χ4v) is 2.37. The molecule has 0 aliphatic carbocycles. The van der Waals surface area contributed by atoms with Crippen LogP contribution in [-0.2, 0) is 4.79 Å². The normalized spacial score (nSPS) is 16.4. The van der Waals surface area contributed by atoms with Gasteiger partial charge in [-0.3, -0.25) is 4.79 Å². The van der Waals surface area contributed by atoms with Crippen molar-refractivity contribution in [3.63, 3.8) is 0 Å². The monoisotopic (exact) mass is 262 g/mol. The van der Waals surface area contributed by atoms with E-state index in [0.717, 1.165) is 25.7 Å². The SMILES string of the molecule is CCC(C)(Br)C(=O)C(CC)(CC)CC. The van der Waals surface area contributed by atoms with E-state index in [-0.39, 0.29) is 9.74 Å². The Balaban J connectivity index is 4.95. The maximum Gasteiger partial charge on any atom is 0.155 e. The average molecular weight is 263 g/mol. The summed E-state index contributed by atoms with van der Waals surface area (Å²) >= 11 is 3.56. The van der Waals surface area contributed by atoms with Gasteiger partial charge in [0, 0.05) is 5.41 Å². The van der Waals surface area contributed by atoms with Crippen molar-refractivity contribution in [2.24, 2.45) is 5.41 Å². The first kappa shape index (κ1) is 14.2. The van der Waals surface area contributed by atoms with E-state index in [0.29, 0.717) is 5.78 Å². The summed E-state index contributed by atoms with van der Waals surface area (Å²) in [6.07, 6.45) is 3.69. The molecule has 0 amide bonds. The minimum atomic E-state index is -0.338. The number of alkyl halides is 1. The summed E-state index contributed by atoms with van der Waals surface area (Å²) in [5.74, 6) is 0.375. The van der Waals surface area contributed by atoms with Crippen LogP contribution in [0.4, 0.5) is 0 Å². The van der Waals surface area contributed by atoms with Gasteiger partial charge in [0.15, 0.2) is 5.78 Å². The highest BCUT2D eigenvalue weighted by atomic mass is 79.9. The summed E-state index contributed by atoms with van der Waals surface area (Å²) in [7, 11) is 0. The topological polar surface area (TPSA) is 17.1 Å². The van der Waals surface area contributed by atoms with Crippen LogP contribution in [0.1, 0.15) is 60.3 Å². The Bertz CT molecular complexity index is 184. The zero-order valence-electron chi connectivity index (χ0n) is 10.1. The molecule has 84 valence electrons. The lowest BCUT2D eigenvalue weighted by atomic mass is 9.71. The molecule has 0 rings (SSSR count). The van der Waals surface area contributed by atoms with E-state index in [9.17, 15) is 4.79 Å². The summed E-state index contributed by atoms with van der Waals surface area (Å²) in [6.45, 7) is 10.4. The second kappa shape index (κ2) is 5.29. The van der Waals surface area contributed by atoms with Crippen LogP contribution in [0.15, 0.2) is 0 Å². The number of carbonyl (C=O) groups excluding carboxylic acids is 1. The van der Waals surface area contributed by atoms with Crippen molar-refractivity contribution >= 4 is 21.7 Å². The molecule has 1 atom stereocenters. The van der Waals surface area contributed by atoms with Gasteiger partial charge in [-0.05, 0) is 32.6 Å². The van der Waals surface area contributed by atoms with Gasteiger partial charge in [-0.25, -0.2) is 0 Å². The molecule has 0 aromatic heterocycles. The first-order valence-electron chi connectivity index (χ1n) is 5.64. The minimum Gasteiger partial charge on any atom is -0.298 e. The van der Waals surface area contributed by atoms with Crippen LogP contribution < -0.4 is 0 Å². The van der Waals surface area contributed by atoms with Crippen LogP contribution in [0.5, 0.6) is 0 Å². The predicted octanol–water partition coefficient (Wildman–Crippen LogP) is 4.34. The van der Waals surface area contributed by atoms with Gasteiger partial charge < -0.3 is 0 Å². The van der Waals surface area contributed by atoms with Crippen molar-refractivity contribution in [1.82, 2.24) is 0 Å². The number of Topliss-reactive ketones (excluding diaryl/α,β-unsaturated/α-hetero) is 1. The number of halogens is 1. The van der Waals surface area contributed by atoms with Gasteiger partial charge in [-0.15, -0.1) is 0 Å². The number of hydrogen-bond acceptors (Lipinski definition) is 1. The molecule has 0 saturated carbocycles. The van der Waals surface area contributed by atoms with Crippen molar-refractivity contribution < 1.29 is 4.79 Å². The first-order chi connectivity index (χ1) is 6.40. The molecular formula is C12H23BrO. The largest absolute Gasteiger partial charge is 0.298 e. The number of rotatable bonds is 6. The molecule has 0 bridgehead atoms. The van der Waals surface area contributed by atoms with E-state index in [2.05, 4.69) is 43.6 Å². The third kappa shape index (κ3) is 2.59. The number of hydrogen-bond donors (Lipinski definition) is 0. The molecule has 0 aromatic carbocycles. The quantitative estimate of drug-likeness (QED) is 0.652. The van der Waals surface area contributed by atoms with E-state index < -0.39 is 0 Å². The van der Waals surface area contributed by atoms with Crippen molar-refractivity contribution in [2.45, 2.75) is 64.6 Å². The summed E-state index contributed by atoms with van der Waals surface area (Å²) in [6, 6.07) is 0. The Morgan fingerprint density at radius 2 is 1.36 bits per heavy atom. The predicted molar refractivity (Wildman–Crippen MR) is 65.9 cm³/mol. The molecule has 0 heterocycles. The summed E-state index contributed by atoms with van der Waals surface area (Å²) < 4.78 is -0.338. The highest BCUT2D eigenvalue weighted by Crippen LogP contribution is 2.39. The fourth-order valence-electron chi connectivity index (χ4n) is 1.95. The molecule has 0 spiro atoms. The van der Waals surface area contributed by atoms with Gasteiger partial charge in [0.25, 0.3) is 0 Å². The molecule has 0 fully saturated rings. The van der Waals surface area contributed by atoms with E-state index in [1.165, 1.54) is 0 Å². The second-order valence-corrected chi connectivity index (χ2v) is 5.97. The zero-order valence-corrected chi connectivity index (χ0v) is 11.7. The van der Waals surface area contributed by atoms with Crippen LogP contribution in [0.25, 0.3) is 0 Å². The van der Waals surface area contributed by atoms with Crippen molar-refractivity contribution in [1.29, 1.82) is 0 Å². The number of carbonyl (C=O) groups is 1. The second-order valence-electron chi connectivity index (χ2n) is 4.22. The van der Waals surface area contributed by atoms with Crippen LogP contribution in [0, 0.1) is 5.41 Å². The number of ketones is 1. The molecule has 0 aromatic rings. The Morgan fingerprint density at radius 3 is 1.57 bits per heavy atom. The lowest BCUT2D eigenvalue weighted by Gasteiger charge is -2.35. The van der Waals surface area contributed by atoms with Gasteiger partial charge in [0.2, 0.25) is 0 Å². The summed E-state index contributed by atoms with van der Waals surface area (Å²) in [5, 5.41) is 0. The minimum absolute atomic E-state index is 0.117. The standard InChI is InChI=1S/C12H23BrO/c1-6-11(5,13)10(14)12(7-2,8-3)9-4/h6-9H2,1-5H3. The third-order valence-corrected chi connectivity index (χ3v) is 4.57. The van der Waals surface area contributed by atoms with Crippen LogP contribution in [0.3, 0.4) is 0 Å². The van der Waals surface area contributed by atoms with Gasteiger partial charge in [0.05, 0.1) is 4.32 Å². The average Bonchev–Trinajstić information content (AvgIpc) is 2.21. The highest BCUT2D eigenvalue weighted by molar-refractivity contribution is 9.10. The van der Waals surface area contributed by atoms with Crippen molar-refractivity contribution in [3.05, 3.63) is 0 Å². The fraction of sp³-hybridized carbons (Fsp3) is 0.917.